The highest BCUT2D eigenvalue weighted by Crippen LogP contribution is 2.20. The highest BCUT2D eigenvalue weighted by atomic mass is 16.6. The maximum Gasteiger partial charge on any atom is 0.410 e. The first kappa shape index (κ1) is 21.9. The van der Waals surface area contributed by atoms with Crippen LogP contribution in [0.4, 0.5) is 4.79 Å². The number of rotatable bonds is 4. The molecule has 1 aliphatic heterocycles. The summed E-state index contributed by atoms with van der Waals surface area (Å²) in [6.07, 6.45) is 2.28. The van der Waals surface area contributed by atoms with E-state index in [1.165, 1.54) is 0 Å². The number of para-hydroxylation sites is 1. The molecule has 0 unspecified atom stereocenters. The summed E-state index contributed by atoms with van der Waals surface area (Å²) in [5.74, 6) is -0.0443. The van der Waals surface area contributed by atoms with Crippen LogP contribution in [0.3, 0.4) is 0 Å². The van der Waals surface area contributed by atoms with Crippen LogP contribution in [0.1, 0.15) is 43.1 Å². The first-order valence-electron chi connectivity index (χ1n) is 11.0. The molecule has 1 aliphatic rings. The molecule has 4 rings (SSSR count). The van der Waals surface area contributed by atoms with Gasteiger partial charge in [0.05, 0.1) is 24.3 Å². The smallest absolute Gasteiger partial charge is 0.410 e. The summed E-state index contributed by atoms with van der Waals surface area (Å²) < 4.78 is 7.41. The Morgan fingerprint density at radius 3 is 2.56 bits per heavy atom. The van der Waals surface area contributed by atoms with Crippen molar-refractivity contribution in [2.24, 2.45) is 0 Å². The van der Waals surface area contributed by atoms with E-state index in [1.54, 1.807) is 16.8 Å². The number of hydrogen-bond acceptors (Lipinski definition) is 4. The highest BCUT2D eigenvalue weighted by Gasteiger charge is 2.33. The van der Waals surface area contributed by atoms with Gasteiger partial charge in [0.2, 0.25) is 0 Å². The Bertz CT molecular complexity index is 1110. The molecular weight excluding hydrogens is 404 g/mol. The normalized spacial score (nSPS) is 16.4. The molecule has 1 aromatic heterocycles. The topological polar surface area (TPSA) is 67.7 Å². The molecule has 1 atom stereocenters. The van der Waals surface area contributed by atoms with Crippen molar-refractivity contribution in [2.75, 3.05) is 20.1 Å². The zero-order chi connectivity index (χ0) is 22.9. The first-order valence-corrected chi connectivity index (χ1v) is 11.0. The number of likely N-dealkylation sites (N-methyl/N-ethyl adjacent to an activating group) is 1. The number of carbonyl (C=O) groups excluding carboxylic acids is 2. The molecule has 2 amide bonds. The largest absolute Gasteiger partial charge is 0.444 e. The summed E-state index contributed by atoms with van der Waals surface area (Å²) in [7, 11) is 1.80. The van der Waals surface area contributed by atoms with Gasteiger partial charge in [-0.3, -0.25) is 9.48 Å². The summed E-state index contributed by atoms with van der Waals surface area (Å²) in [4.78, 5) is 28.7. The summed E-state index contributed by atoms with van der Waals surface area (Å²) in [5, 5.41) is 5.58. The lowest BCUT2D eigenvalue weighted by Crippen LogP contribution is -2.41. The van der Waals surface area contributed by atoms with Gasteiger partial charge >= 0.3 is 6.09 Å². The number of fused-ring (bicyclic) bond motifs is 1. The van der Waals surface area contributed by atoms with Gasteiger partial charge in [0.25, 0.3) is 5.91 Å². The second kappa shape index (κ2) is 8.65. The number of aromatic nitrogens is 2. The SMILES string of the molecule is CN(C(=O)c1ccc(Cn2ncc3ccccc32)cc1)[C@@H]1CCN(C(=O)OC(C)(C)C)C1. The average molecular weight is 435 g/mol. The maximum absolute atomic E-state index is 13.0. The van der Waals surface area contributed by atoms with E-state index in [1.807, 2.05) is 74.1 Å². The van der Waals surface area contributed by atoms with Gasteiger partial charge in [-0.05, 0) is 51.0 Å². The van der Waals surface area contributed by atoms with Crippen LogP contribution in [-0.4, -0.2) is 63.4 Å². The Morgan fingerprint density at radius 2 is 1.84 bits per heavy atom. The number of hydrogen-bond donors (Lipinski definition) is 0. The van der Waals surface area contributed by atoms with Crippen LogP contribution < -0.4 is 0 Å². The van der Waals surface area contributed by atoms with Crippen molar-refractivity contribution in [1.82, 2.24) is 19.6 Å². The molecule has 0 aliphatic carbocycles. The predicted molar refractivity (Wildman–Crippen MR) is 124 cm³/mol. The van der Waals surface area contributed by atoms with Gasteiger partial charge in [-0.2, -0.15) is 5.10 Å². The lowest BCUT2D eigenvalue weighted by atomic mass is 10.1. The summed E-state index contributed by atoms with van der Waals surface area (Å²) in [5.41, 5.74) is 2.27. The van der Waals surface area contributed by atoms with Crippen LogP contribution in [0.5, 0.6) is 0 Å². The molecule has 7 nitrogen and oxygen atoms in total. The van der Waals surface area contributed by atoms with Gasteiger partial charge < -0.3 is 14.5 Å². The minimum atomic E-state index is -0.527. The minimum absolute atomic E-state index is 0.0230. The lowest BCUT2D eigenvalue weighted by molar-refractivity contribution is 0.0279. The Balaban J connectivity index is 1.38. The number of carbonyl (C=O) groups is 2. The molecule has 1 fully saturated rings. The second-order valence-corrected chi connectivity index (χ2v) is 9.34. The fourth-order valence-electron chi connectivity index (χ4n) is 4.00. The molecule has 2 aromatic carbocycles. The van der Waals surface area contributed by atoms with Gasteiger partial charge in [0, 0.05) is 31.1 Å². The predicted octanol–water partition coefficient (Wildman–Crippen LogP) is 4.17. The van der Waals surface area contributed by atoms with Crippen LogP contribution in [0.25, 0.3) is 10.9 Å². The van der Waals surface area contributed by atoms with Crippen molar-refractivity contribution in [3.63, 3.8) is 0 Å². The molecule has 168 valence electrons. The van der Waals surface area contributed by atoms with Crippen molar-refractivity contribution in [3.8, 4) is 0 Å². The van der Waals surface area contributed by atoms with Crippen LogP contribution in [-0.2, 0) is 11.3 Å². The van der Waals surface area contributed by atoms with Gasteiger partial charge in [-0.15, -0.1) is 0 Å². The van der Waals surface area contributed by atoms with E-state index in [9.17, 15) is 9.59 Å². The molecule has 1 saturated heterocycles. The molecule has 3 aromatic rings. The van der Waals surface area contributed by atoms with Gasteiger partial charge in [0.1, 0.15) is 5.60 Å². The van der Waals surface area contributed by atoms with Crippen LogP contribution in [0.15, 0.2) is 54.7 Å². The van der Waals surface area contributed by atoms with Crippen LogP contribution in [0, 0.1) is 0 Å². The highest BCUT2D eigenvalue weighted by molar-refractivity contribution is 5.94. The van der Waals surface area contributed by atoms with E-state index in [-0.39, 0.29) is 18.0 Å². The Labute approximate surface area is 188 Å². The molecule has 32 heavy (non-hydrogen) atoms. The van der Waals surface area contributed by atoms with Crippen molar-refractivity contribution < 1.29 is 14.3 Å². The number of nitrogens with zero attached hydrogens (tertiary/aromatic N) is 4. The third kappa shape index (κ3) is 4.77. The lowest BCUT2D eigenvalue weighted by Gasteiger charge is -2.27. The van der Waals surface area contributed by atoms with E-state index in [0.717, 1.165) is 22.9 Å². The third-order valence-corrected chi connectivity index (χ3v) is 5.77. The van der Waals surface area contributed by atoms with Crippen molar-refractivity contribution in [2.45, 2.75) is 45.4 Å². The van der Waals surface area contributed by atoms with Crippen molar-refractivity contribution in [1.29, 1.82) is 0 Å². The number of amides is 2. The molecule has 0 bridgehead atoms. The maximum atomic E-state index is 13.0. The Kier molecular flexibility index (Phi) is 5.91. The number of ether oxygens (including phenoxy) is 1. The molecule has 2 heterocycles. The fourth-order valence-corrected chi connectivity index (χ4v) is 4.00. The monoisotopic (exact) mass is 434 g/mol. The molecule has 0 N–H and O–H groups in total. The van der Waals surface area contributed by atoms with Crippen molar-refractivity contribution in [3.05, 3.63) is 65.9 Å². The fraction of sp³-hybridized carbons (Fsp3) is 0.400. The van der Waals surface area contributed by atoms with E-state index in [2.05, 4.69) is 11.2 Å². The minimum Gasteiger partial charge on any atom is -0.444 e. The molecule has 0 saturated carbocycles. The summed E-state index contributed by atoms with van der Waals surface area (Å²) >= 11 is 0. The van der Waals surface area contributed by atoms with Gasteiger partial charge in [0.15, 0.2) is 0 Å². The molecule has 0 spiro atoms. The van der Waals surface area contributed by atoms with Gasteiger partial charge in [-0.1, -0.05) is 30.3 Å². The molecule has 7 heteroatoms. The first-order chi connectivity index (χ1) is 15.2. The number of benzene rings is 2. The van der Waals surface area contributed by atoms with Crippen LogP contribution >= 0.6 is 0 Å². The van der Waals surface area contributed by atoms with E-state index >= 15 is 0 Å². The van der Waals surface area contributed by atoms with E-state index < -0.39 is 5.60 Å². The molecule has 0 radical (unpaired) electrons. The zero-order valence-electron chi connectivity index (χ0n) is 19.1. The van der Waals surface area contributed by atoms with E-state index in [0.29, 0.717) is 25.2 Å². The standard InChI is InChI=1S/C25H30N4O3/c1-25(2,3)32-24(31)28-14-13-21(17-28)27(4)23(30)19-11-9-18(10-12-19)16-29-22-8-6-5-7-20(22)15-26-29/h5-12,15,21H,13-14,16-17H2,1-4H3/t21-/m1/s1. The zero-order valence-corrected chi connectivity index (χ0v) is 19.1. The van der Waals surface area contributed by atoms with E-state index in [4.69, 9.17) is 4.74 Å². The van der Waals surface area contributed by atoms with Crippen molar-refractivity contribution >= 4 is 22.9 Å². The molecular formula is C25H30N4O3. The van der Waals surface area contributed by atoms with Gasteiger partial charge in [-0.25, -0.2) is 4.79 Å². The third-order valence-electron chi connectivity index (χ3n) is 5.77. The number of likely N-dealkylation sites (tertiary alicyclic amines) is 1. The quantitative estimate of drug-likeness (QED) is 0.618. The van der Waals surface area contributed by atoms with Crippen LogP contribution in [0.2, 0.25) is 0 Å². The Morgan fingerprint density at radius 1 is 1.12 bits per heavy atom. The summed E-state index contributed by atoms with van der Waals surface area (Å²) in [6.45, 7) is 7.28. The Hall–Kier alpha value is -3.35. The second-order valence-electron chi connectivity index (χ2n) is 9.34. The average Bonchev–Trinajstić information content (AvgIpc) is 3.40. The summed E-state index contributed by atoms with van der Waals surface area (Å²) in [6, 6.07) is 15.7.